The van der Waals surface area contributed by atoms with Crippen molar-refractivity contribution in [2.24, 2.45) is 23.2 Å². The Morgan fingerprint density at radius 1 is 0.967 bits per heavy atom. The van der Waals surface area contributed by atoms with Gasteiger partial charge in [0.25, 0.3) is 5.91 Å². The van der Waals surface area contributed by atoms with Crippen LogP contribution in [0.25, 0.3) is 0 Å². The summed E-state index contributed by atoms with van der Waals surface area (Å²) < 4.78 is 0. The highest BCUT2D eigenvalue weighted by Crippen LogP contribution is 2.61. The van der Waals surface area contributed by atoms with Crippen LogP contribution in [0.1, 0.15) is 60.9 Å². The van der Waals surface area contributed by atoms with Crippen LogP contribution in [0, 0.1) is 23.2 Å². The van der Waals surface area contributed by atoms with Crippen LogP contribution >= 0.6 is 0 Å². The summed E-state index contributed by atoms with van der Waals surface area (Å²) in [5.74, 6) is 2.48. The van der Waals surface area contributed by atoms with Gasteiger partial charge in [-0.25, -0.2) is 0 Å². The normalized spacial score (nSPS) is 28.9. The van der Waals surface area contributed by atoms with Crippen molar-refractivity contribution in [3.8, 4) is 0 Å². The van der Waals surface area contributed by atoms with E-state index >= 15 is 0 Å². The van der Waals surface area contributed by atoms with Gasteiger partial charge in [-0.2, -0.15) is 0 Å². The highest BCUT2D eigenvalue weighted by atomic mass is 16.2. The number of rotatable bonds is 6. The van der Waals surface area contributed by atoms with E-state index in [0.717, 1.165) is 29.0 Å². The number of benzene rings is 1. The quantitative estimate of drug-likeness (QED) is 0.743. The monoisotopic (exact) mass is 403 g/mol. The lowest BCUT2D eigenvalue weighted by Gasteiger charge is -2.56. The predicted molar refractivity (Wildman–Crippen MR) is 116 cm³/mol. The van der Waals surface area contributed by atoms with E-state index in [0.29, 0.717) is 18.5 Å². The van der Waals surface area contributed by atoms with Crippen molar-refractivity contribution in [3.05, 3.63) is 59.9 Å². The standard InChI is InChI=1S/C25H29N3O2/c29-23(14-25-11-17-8-18(12-25)10-19(9-17)13-25)28-22-6-2-1-4-20(22)16-27-24(30)21-5-3-7-26-15-21/h1-7,15,17-19H,8-14,16H2,(H,27,30)(H,28,29). The van der Waals surface area contributed by atoms with Gasteiger partial charge in [-0.3, -0.25) is 14.6 Å². The molecule has 5 heteroatoms. The van der Waals surface area contributed by atoms with Gasteiger partial charge in [0.2, 0.25) is 5.91 Å². The van der Waals surface area contributed by atoms with Gasteiger partial charge in [-0.15, -0.1) is 0 Å². The molecular formula is C25H29N3O2. The first-order chi connectivity index (χ1) is 14.6. The minimum absolute atomic E-state index is 0.114. The SMILES string of the molecule is O=C(CC12CC3CC(CC(C3)C1)C2)Nc1ccccc1CNC(=O)c1cccnc1. The van der Waals surface area contributed by atoms with Gasteiger partial charge in [0.1, 0.15) is 0 Å². The number of nitrogens with one attached hydrogen (secondary N) is 2. The van der Waals surface area contributed by atoms with E-state index in [9.17, 15) is 9.59 Å². The van der Waals surface area contributed by atoms with Gasteiger partial charge in [0.15, 0.2) is 0 Å². The fourth-order valence-electron chi connectivity index (χ4n) is 6.61. The third-order valence-electron chi connectivity index (χ3n) is 7.36. The lowest BCUT2D eigenvalue weighted by Crippen LogP contribution is -2.47. The maximum absolute atomic E-state index is 13.0. The average molecular weight is 404 g/mol. The molecule has 4 bridgehead atoms. The molecule has 30 heavy (non-hydrogen) atoms. The van der Waals surface area contributed by atoms with Gasteiger partial charge in [-0.1, -0.05) is 18.2 Å². The predicted octanol–water partition coefficient (Wildman–Crippen LogP) is 4.56. The summed E-state index contributed by atoms with van der Waals surface area (Å²) in [5.41, 5.74) is 2.45. The Morgan fingerprint density at radius 2 is 1.67 bits per heavy atom. The molecule has 0 unspecified atom stereocenters. The zero-order chi connectivity index (χ0) is 20.6. The van der Waals surface area contributed by atoms with Gasteiger partial charge in [0, 0.05) is 31.0 Å². The molecule has 2 amide bonds. The molecule has 156 valence electrons. The Balaban J connectivity index is 1.22. The topological polar surface area (TPSA) is 71.1 Å². The molecule has 1 heterocycles. The van der Waals surface area contributed by atoms with E-state index < -0.39 is 0 Å². The van der Waals surface area contributed by atoms with Crippen LogP contribution in [0.2, 0.25) is 0 Å². The summed E-state index contributed by atoms with van der Waals surface area (Å²) in [4.78, 5) is 29.3. The second-order valence-electron chi connectivity index (χ2n) is 9.72. The molecule has 1 aromatic carbocycles. The van der Waals surface area contributed by atoms with Crippen LogP contribution in [0.15, 0.2) is 48.8 Å². The average Bonchev–Trinajstić information content (AvgIpc) is 2.72. The Kier molecular flexibility index (Phi) is 5.05. The molecule has 2 aromatic rings. The second kappa shape index (κ2) is 7.86. The molecular weight excluding hydrogens is 374 g/mol. The number of hydrogen-bond acceptors (Lipinski definition) is 3. The van der Waals surface area contributed by atoms with Crippen molar-refractivity contribution in [2.75, 3.05) is 5.32 Å². The minimum Gasteiger partial charge on any atom is -0.348 e. The van der Waals surface area contributed by atoms with E-state index in [1.54, 1.807) is 24.5 Å². The zero-order valence-electron chi connectivity index (χ0n) is 17.3. The zero-order valence-corrected chi connectivity index (χ0v) is 17.3. The fourth-order valence-corrected chi connectivity index (χ4v) is 6.61. The van der Waals surface area contributed by atoms with Gasteiger partial charge < -0.3 is 10.6 Å². The summed E-state index contributed by atoms with van der Waals surface area (Å²) in [6.45, 7) is 0.363. The fraction of sp³-hybridized carbons (Fsp3) is 0.480. The Bertz CT molecular complexity index is 905. The molecule has 6 rings (SSSR count). The number of nitrogens with zero attached hydrogens (tertiary/aromatic N) is 1. The molecule has 0 aliphatic heterocycles. The second-order valence-corrected chi connectivity index (χ2v) is 9.72. The van der Waals surface area contributed by atoms with Gasteiger partial charge in [-0.05, 0) is 85.5 Å². The third-order valence-corrected chi connectivity index (χ3v) is 7.36. The number of para-hydroxylation sites is 1. The summed E-state index contributed by atoms with van der Waals surface area (Å²) in [7, 11) is 0. The number of amides is 2. The third kappa shape index (κ3) is 3.98. The minimum atomic E-state index is -0.169. The van der Waals surface area contributed by atoms with Gasteiger partial charge in [0.05, 0.1) is 5.56 Å². The number of carbonyl (C=O) groups excluding carboxylic acids is 2. The van der Waals surface area contributed by atoms with Crippen LogP contribution < -0.4 is 10.6 Å². The highest BCUT2D eigenvalue weighted by Gasteiger charge is 2.51. The molecule has 5 nitrogen and oxygen atoms in total. The summed E-state index contributed by atoms with van der Waals surface area (Å²) >= 11 is 0. The van der Waals surface area contributed by atoms with Crippen LogP contribution in [-0.2, 0) is 11.3 Å². The van der Waals surface area contributed by atoms with Crippen LogP contribution in [-0.4, -0.2) is 16.8 Å². The lowest BCUT2D eigenvalue weighted by atomic mass is 9.49. The number of pyridine rings is 1. The molecule has 2 N–H and O–H groups in total. The van der Waals surface area contributed by atoms with Crippen molar-refractivity contribution in [3.63, 3.8) is 0 Å². The number of aromatic nitrogens is 1. The molecule has 0 saturated heterocycles. The summed E-state index contributed by atoms with van der Waals surface area (Å²) in [6, 6.07) is 11.2. The molecule has 4 saturated carbocycles. The Hall–Kier alpha value is -2.69. The van der Waals surface area contributed by atoms with E-state index in [2.05, 4.69) is 15.6 Å². The van der Waals surface area contributed by atoms with E-state index in [-0.39, 0.29) is 17.2 Å². The lowest BCUT2D eigenvalue weighted by molar-refractivity contribution is -0.124. The van der Waals surface area contributed by atoms with Gasteiger partial charge >= 0.3 is 0 Å². The number of carbonyl (C=O) groups is 2. The van der Waals surface area contributed by atoms with Crippen LogP contribution in [0.3, 0.4) is 0 Å². The number of anilines is 1. The first-order valence-corrected chi connectivity index (χ1v) is 11.1. The molecule has 4 aliphatic rings. The largest absolute Gasteiger partial charge is 0.348 e. The molecule has 1 aromatic heterocycles. The number of hydrogen-bond donors (Lipinski definition) is 2. The molecule has 0 spiro atoms. The first kappa shape index (κ1) is 19.3. The van der Waals surface area contributed by atoms with E-state index in [4.69, 9.17) is 0 Å². The van der Waals surface area contributed by atoms with Crippen LogP contribution in [0.4, 0.5) is 5.69 Å². The molecule has 4 fully saturated rings. The smallest absolute Gasteiger partial charge is 0.253 e. The Labute approximate surface area is 177 Å². The molecule has 0 radical (unpaired) electrons. The van der Waals surface area contributed by atoms with Crippen molar-refractivity contribution in [1.29, 1.82) is 0 Å². The van der Waals surface area contributed by atoms with E-state index in [1.807, 2.05) is 24.3 Å². The summed E-state index contributed by atoms with van der Waals surface area (Å²) in [6.07, 6.45) is 11.7. The van der Waals surface area contributed by atoms with Crippen LogP contribution in [0.5, 0.6) is 0 Å². The van der Waals surface area contributed by atoms with Crippen molar-refractivity contribution in [1.82, 2.24) is 10.3 Å². The molecule has 0 atom stereocenters. The summed E-state index contributed by atoms with van der Waals surface area (Å²) in [5, 5.41) is 6.07. The molecule has 4 aliphatic carbocycles. The van der Waals surface area contributed by atoms with Crippen molar-refractivity contribution in [2.45, 2.75) is 51.5 Å². The Morgan fingerprint density at radius 3 is 2.33 bits per heavy atom. The maximum Gasteiger partial charge on any atom is 0.253 e. The highest BCUT2D eigenvalue weighted by molar-refractivity contribution is 5.94. The van der Waals surface area contributed by atoms with E-state index in [1.165, 1.54) is 38.5 Å². The maximum atomic E-state index is 13.0. The van der Waals surface area contributed by atoms with Crippen molar-refractivity contribution >= 4 is 17.5 Å². The van der Waals surface area contributed by atoms with Crippen molar-refractivity contribution < 1.29 is 9.59 Å². The first-order valence-electron chi connectivity index (χ1n) is 11.1.